The third kappa shape index (κ3) is 3.22. The molecule has 130 valence electrons. The Kier molecular flexibility index (Phi) is 4.86. The van der Waals surface area contributed by atoms with Gasteiger partial charge in [0, 0.05) is 31.7 Å². The summed E-state index contributed by atoms with van der Waals surface area (Å²) in [6.45, 7) is 5.65. The Balaban J connectivity index is 1.58. The van der Waals surface area contributed by atoms with Crippen LogP contribution in [0.4, 0.5) is 5.82 Å². The lowest BCUT2D eigenvalue weighted by Crippen LogP contribution is -2.39. The molecule has 1 N–H and O–H groups in total. The molecule has 24 heavy (non-hydrogen) atoms. The van der Waals surface area contributed by atoms with Crippen molar-refractivity contribution in [3.05, 3.63) is 11.3 Å². The van der Waals surface area contributed by atoms with Crippen molar-refractivity contribution in [2.24, 2.45) is 0 Å². The Morgan fingerprint density at radius 1 is 1.17 bits per heavy atom. The highest BCUT2D eigenvalue weighted by molar-refractivity contribution is 7.98. The Labute approximate surface area is 146 Å². The molecule has 8 heteroatoms. The van der Waals surface area contributed by atoms with Gasteiger partial charge in [-0.25, -0.2) is 4.98 Å². The van der Waals surface area contributed by atoms with E-state index in [0.717, 1.165) is 63.2 Å². The van der Waals surface area contributed by atoms with Gasteiger partial charge in [0.15, 0.2) is 0 Å². The predicted octanol–water partition coefficient (Wildman–Crippen LogP) is 1.47. The molecule has 2 aromatic heterocycles. The van der Waals surface area contributed by atoms with Crippen LogP contribution in [0.5, 0.6) is 0 Å². The molecule has 0 atom stereocenters. The average molecular weight is 348 g/mol. The number of nitrogens with zero attached hydrogens (tertiary/aromatic N) is 5. The number of morpholine rings is 1. The van der Waals surface area contributed by atoms with Crippen LogP contribution in [0, 0.1) is 0 Å². The van der Waals surface area contributed by atoms with Crippen LogP contribution >= 0.6 is 11.8 Å². The van der Waals surface area contributed by atoms with E-state index in [2.05, 4.69) is 20.3 Å². The highest BCUT2D eigenvalue weighted by Gasteiger charge is 2.20. The Bertz CT molecular complexity index is 712. The van der Waals surface area contributed by atoms with Crippen molar-refractivity contribution in [1.82, 2.24) is 24.5 Å². The second-order valence-electron chi connectivity index (χ2n) is 6.28. The molecule has 1 aliphatic carbocycles. The third-order valence-corrected chi connectivity index (χ3v) is 5.29. The molecule has 0 aromatic carbocycles. The molecule has 7 nitrogen and oxygen atoms in total. The van der Waals surface area contributed by atoms with E-state index < -0.39 is 0 Å². The molecule has 4 rings (SSSR count). The van der Waals surface area contributed by atoms with Crippen LogP contribution in [0.2, 0.25) is 0 Å². The fourth-order valence-corrected chi connectivity index (χ4v) is 3.79. The van der Waals surface area contributed by atoms with Gasteiger partial charge in [0.25, 0.3) is 5.78 Å². The average Bonchev–Trinajstić information content (AvgIpc) is 3.05. The van der Waals surface area contributed by atoms with Gasteiger partial charge in [-0.2, -0.15) is 9.50 Å². The number of hydrogen-bond acceptors (Lipinski definition) is 7. The van der Waals surface area contributed by atoms with Gasteiger partial charge < -0.3 is 10.1 Å². The first-order valence-electron chi connectivity index (χ1n) is 8.71. The number of hydrogen-bond donors (Lipinski definition) is 1. The van der Waals surface area contributed by atoms with Gasteiger partial charge in [0.2, 0.25) is 5.16 Å². The molecular weight excluding hydrogens is 324 g/mol. The van der Waals surface area contributed by atoms with E-state index >= 15 is 0 Å². The van der Waals surface area contributed by atoms with Gasteiger partial charge in [0.05, 0.1) is 18.9 Å². The quantitative estimate of drug-likeness (QED) is 0.821. The maximum Gasteiger partial charge on any atom is 0.255 e. The van der Waals surface area contributed by atoms with Crippen molar-refractivity contribution in [1.29, 1.82) is 0 Å². The number of rotatable bonds is 5. The van der Waals surface area contributed by atoms with E-state index in [-0.39, 0.29) is 0 Å². The summed E-state index contributed by atoms with van der Waals surface area (Å²) in [6, 6.07) is 0. The standard InChI is InChI=1S/C16H24N6OS/c1-24-16-19-15-18-13-5-3-2-4-12(13)14(22(15)20-16)17-6-7-21-8-10-23-11-9-21/h17H,2-11H2,1H3. The van der Waals surface area contributed by atoms with Crippen LogP contribution in [0.1, 0.15) is 24.1 Å². The highest BCUT2D eigenvalue weighted by Crippen LogP contribution is 2.28. The summed E-state index contributed by atoms with van der Waals surface area (Å²) in [5, 5.41) is 9.02. The zero-order valence-electron chi connectivity index (χ0n) is 14.1. The molecular formula is C16H24N6OS. The van der Waals surface area contributed by atoms with Crippen LogP contribution in [0.25, 0.3) is 5.78 Å². The molecule has 2 aliphatic rings. The van der Waals surface area contributed by atoms with Crippen LogP contribution in [-0.4, -0.2) is 70.1 Å². The van der Waals surface area contributed by atoms with E-state index in [1.807, 2.05) is 10.8 Å². The summed E-state index contributed by atoms with van der Waals surface area (Å²) in [5.41, 5.74) is 2.52. The second kappa shape index (κ2) is 7.25. The summed E-state index contributed by atoms with van der Waals surface area (Å²) in [4.78, 5) is 11.7. The first-order valence-corrected chi connectivity index (χ1v) is 9.94. The van der Waals surface area contributed by atoms with Crippen LogP contribution in [0.3, 0.4) is 0 Å². The fourth-order valence-electron chi connectivity index (χ4n) is 3.45. The van der Waals surface area contributed by atoms with Crippen LogP contribution in [-0.2, 0) is 17.6 Å². The monoisotopic (exact) mass is 348 g/mol. The van der Waals surface area contributed by atoms with E-state index in [1.165, 1.54) is 24.1 Å². The molecule has 1 fully saturated rings. The number of thioether (sulfide) groups is 1. The minimum atomic E-state index is 0.717. The lowest BCUT2D eigenvalue weighted by molar-refractivity contribution is 0.0398. The lowest BCUT2D eigenvalue weighted by Gasteiger charge is -2.27. The molecule has 0 radical (unpaired) electrons. The minimum absolute atomic E-state index is 0.717. The molecule has 0 unspecified atom stereocenters. The van der Waals surface area contributed by atoms with Crippen molar-refractivity contribution in [2.45, 2.75) is 30.8 Å². The Hall–Kier alpha value is -1.38. The summed E-state index contributed by atoms with van der Waals surface area (Å²) >= 11 is 1.56. The summed E-state index contributed by atoms with van der Waals surface area (Å²) in [7, 11) is 0. The zero-order chi connectivity index (χ0) is 16.4. The number of anilines is 1. The summed E-state index contributed by atoms with van der Waals surface area (Å²) in [6.07, 6.45) is 6.56. The first kappa shape index (κ1) is 16.1. The van der Waals surface area contributed by atoms with Crippen molar-refractivity contribution in [2.75, 3.05) is 51.0 Å². The molecule has 0 spiro atoms. The minimum Gasteiger partial charge on any atom is -0.379 e. The highest BCUT2D eigenvalue weighted by atomic mass is 32.2. The van der Waals surface area contributed by atoms with Crippen molar-refractivity contribution in [3.63, 3.8) is 0 Å². The smallest absolute Gasteiger partial charge is 0.255 e. The van der Waals surface area contributed by atoms with Gasteiger partial charge >= 0.3 is 0 Å². The van der Waals surface area contributed by atoms with Gasteiger partial charge in [-0.1, -0.05) is 11.8 Å². The number of aromatic nitrogens is 4. The molecule has 0 amide bonds. The Morgan fingerprint density at radius 2 is 2.00 bits per heavy atom. The number of fused-ring (bicyclic) bond motifs is 2. The van der Waals surface area contributed by atoms with Crippen molar-refractivity contribution >= 4 is 23.4 Å². The van der Waals surface area contributed by atoms with Gasteiger partial charge in [-0.05, 0) is 31.9 Å². The number of aryl methyl sites for hydroxylation is 1. The van der Waals surface area contributed by atoms with Crippen molar-refractivity contribution in [3.8, 4) is 0 Å². The molecule has 3 heterocycles. The first-order chi connectivity index (χ1) is 11.8. The fraction of sp³-hybridized carbons (Fsp3) is 0.688. The SMILES string of the molecule is CSc1nc2nc3c(c(NCCN4CCOCC4)n2n1)CCCC3. The normalized spacial score (nSPS) is 18.7. The summed E-state index contributed by atoms with van der Waals surface area (Å²) in [5.74, 6) is 1.81. The van der Waals surface area contributed by atoms with Gasteiger partial charge in [0.1, 0.15) is 5.82 Å². The summed E-state index contributed by atoms with van der Waals surface area (Å²) < 4.78 is 7.31. The molecule has 1 aliphatic heterocycles. The van der Waals surface area contributed by atoms with Gasteiger partial charge in [-0.15, -0.1) is 5.10 Å². The number of ether oxygens (including phenoxy) is 1. The third-order valence-electron chi connectivity index (χ3n) is 4.75. The molecule has 0 saturated carbocycles. The van der Waals surface area contributed by atoms with Crippen molar-refractivity contribution < 1.29 is 4.74 Å². The van der Waals surface area contributed by atoms with E-state index in [0.29, 0.717) is 5.78 Å². The van der Waals surface area contributed by atoms with Crippen LogP contribution < -0.4 is 5.32 Å². The maximum atomic E-state index is 5.42. The van der Waals surface area contributed by atoms with Crippen LogP contribution in [0.15, 0.2) is 5.16 Å². The maximum absolute atomic E-state index is 5.42. The Morgan fingerprint density at radius 3 is 2.83 bits per heavy atom. The second-order valence-corrected chi connectivity index (χ2v) is 7.06. The largest absolute Gasteiger partial charge is 0.379 e. The predicted molar refractivity (Wildman–Crippen MR) is 95.0 cm³/mol. The van der Waals surface area contributed by atoms with Gasteiger partial charge in [-0.3, -0.25) is 4.90 Å². The van der Waals surface area contributed by atoms with E-state index in [4.69, 9.17) is 9.72 Å². The molecule has 0 bridgehead atoms. The molecule has 1 saturated heterocycles. The lowest BCUT2D eigenvalue weighted by atomic mass is 9.96. The number of nitrogens with one attached hydrogen (secondary N) is 1. The zero-order valence-corrected chi connectivity index (χ0v) is 14.9. The van der Waals surface area contributed by atoms with E-state index in [9.17, 15) is 0 Å². The topological polar surface area (TPSA) is 67.6 Å². The van der Waals surface area contributed by atoms with E-state index in [1.54, 1.807) is 11.8 Å². The molecule has 2 aromatic rings.